The second kappa shape index (κ2) is 8.86. The lowest BCUT2D eigenvalue weighted by Crippen LogP contribution is -2.32. The Morgan fingerprint density at radius 2 is 2.06 bits per heavy atom. The Hall–Kier alpha value is -3.25. The maximum absolute atomic E-state index is 14.0. The van der Waals surface area contributed by atoms with Gasteiger partial charge in [-0.2, -0.15) is 0 Å². The van der Waals surface area contributed by atoms with Gasteiger partial charge in [0.25, 0.3) is 11.5 Å². The standard InChI is InChI=1S/C19H15F4N3O4S/c1-9-4-11(8-31-9)17-24-13(6-16(28)26-17)18(29)25-14(7-27)10-2-3-15(12(20)5-10)30-19(21,22)23/h2-6,8,14,27H,7H2,1H3,(H,25,29)(H,24,26,28). The average molecular weight is 457 g/mol. The van der Waals surface area contributed by atoms with E-state index >= 15 is 0 Å². The molecule has 164 valence electrons. The van der Waals surface area contributed by atoms with E-state index in [2.05, 4.69) is 20.0 Å². The van der Waals surface area contributed by atoms with Gasteiger partial charge >= 0.3 is 6.36 Å². The van der Waals surface area contributed by atoms with Gasteiger partial charge in [-0.25, -0.2) is 9.37 Å². The van der Waals surface area contributed by atoms with Crippen molar-refractivity contribution in [1.29, 1.82) is 0 Å². The number of halogens is 4. The van der Waals surface area contributed by atoms with Gasteiger partial charge in [0.2, 0.25) is 0 Å². The number of hydrogen-bond acceptors (Lipinski definition) is 6. The Morgan fingerprint density at radius 1 is 1.32 bits per heavy atom. The minimum atomic E-state index is -5.07. The molecule has 31 heavy (non-hydrogen) atoms. The molecule has 0 spiro atoms. The molecule has 3 aromatic rings. The lowest BCUT2D eigenvalue weighted by Gasteiger charge is -2.18. The van der Waals surface area contributed by atoms with Crippen molar-refractivity contribution in [3.8, 4) is 17.1 Å². The van der Waals surface area contributed by atoms with Crippen LogP contribution in [0.25, 0.3) is 11.4 Å². The summed E-state index contributed by atoms with van der Waals surface area (Å²) in [7, 11) is 0. The predicted molar refractivity (Wildman–Crippen MR) is 103 cm³/mol. The molecule has 2 aromatic heterocycles. The summed E-state index contributed by atoms with van der Waals surface area (Å²) >= 11 is 1.42. The minimum Gasteiger partial charge on any atom is -0.403 e. The molecule has 0 fully saturated rings. The quantitative estimate of drug-likeness (QED) is 0.493. The number of aryl methyl sites for hydroxylation is 1. The van der Waals surface area contributed by atoms with Crippen LogP contribution in [0.2, 0.25) is 0 Å². The average Bonchev–Trinajstić information content (AvgIpc) is 3.12. The van der Waals surface area contributed by atoms with Crippen molar-refractivity contribution in [2.75, 3.05) is 6.61 Å². The number of ether oxygens (including phenoxy) is 1. The molecule has 3 rings (SSSR count). The first-order valence-corrected chi connectivity index (χ1v) is 9.57. The lowest BCUT2D eigenvalue weighted by atomic mass is 10.1. The summed E-state index contributed by atoms with van der Waals surface area (Å²) in [5.41, 5.74) is -0.241. The maximum atomic E-state index is 14.0. The van der Waals surface area contributed by atoms with Gasteiger partial charge in [-0.1, -0.05) is 6.07 Å². The normalized spacial score (nSPS) is 12.5. The highest BCUT2D eigenvalue weighted by atomic mass is 32.1. The van der Waals surface area contributed by atoms with Crippen LogP contribution >= 0.6 is 11.3 Å². The van der Waals surface area contributed by atoms with Crippen molar-refractivity contribution < 1.29 is 32.2 Å². The van der Waals surface area contributed by atoms with Crippen LogP contribution in [0.4, 0.5) is 17.6 Å². The van der Waals surface area contributed by atoms with Crippen LogP contribution in [-0.2, 0) is 0 Å². The van der Waals surface area contributed by atoms with Crippen molar-refractivity contribution in [1.82, 2.24) is 15.3 Å². The molecular formula is C19H15F4N3O4S. The number of nitrogens with one attached hydrogen (secondary N) is 2. The molecular weight excluding hydrogens is 442 g/mol. The van der Waals surface area contributed by atoms with Crippen molar-refractivity contribution in [3.63, 3.8) is 0 Å². The molecule has 1 amide bonds. The SMILES string of the molecule is Cc1cc(-c2nc(C(=O)NC(CO)c3ccc(OC(F)(F)F)c(F)c3)cc(=O)[nH]2)cs1. The Balaban J connectivity index is 1.82. The third-order valence-electron chi connectivity index (χ3n) is 4.05. The molecule has 3 N–H and O–H groups in total. The van der Waals surface area contributed by atoms with Gasteiger partial charge in [0.05, 0.1) is 12.6 Å². The van der Waals surface area contributed by atoms with Crippen molar-refractivity contribution >= 4 is 17.2 Å². The highest BCUT2D eigenvalue weighted by Gasteiger charge is 2.32. The Kier molecular flexibility index (Phi) is 6.41. The van der Waals surface area contributed by atoms with Crippen molar-refractivity contribution in [2.45, 2.75) is 19.3 Å². The van der Waals surface area contributed by atoms with E-state index < -0.39 is 42.0 Å². The molecule has 1 unspecified atom stereocenters. The minimum absolute atomic E-state index is 0.0126. The van der Waals surface area contributed by atoms with Gasteiger partial charge < -0.3 is 20.1 Å². The first-order chi connectivity index (χ1) is 14.6. The summed E-state index contributed by atoms with van der Waals surface area (Å²) < 4.78 is 54.3. The number of hydrogen-bond donors (Lipinski definition) is 3. The second-order valence-corrected chi connectivity index (χ2v) is 7.49. The Morgan fingerprint density at radius 3 is 2.65 bits per heavy atom. The van der Waals surface area contributed by atoms with Crippen LogP contribution in [0, 0.1) is 12.7 Å². The van der Waals surface area contributed by atoms with E-state index in [1.165, 1.54) is 11.3 Å². The number of nitrogens with zero attached hydrogens (tertiary/aromatic N) is 1. The first-order valence-electron chi connectivity index (χ1n) is 8.69. The van der Waals surface area contributed by atoms with Crippen LogP contribution in [0.1, 0.15) is 27.0 Å². The molecule has 0 radical (unpaired) electrons. The van der Waals surface area contributed by atoms with E-state index in [0.717, 1.165) is 23.1 Å². The van der Waals surface area contributed by atoms with E-state index in [9.17, 15) is 32.3 Å². The van der Waals surface area contributed by atoms with Crippen LogP contribution < -0.4 is 15.6 Å². The number of alkyl halides is 3. The molecule has 0 aliphatic heterocycles. The Labute approximate surface area is 176 Å². The van der Waals surface area contributed by atoms with Crippen LogP contribution in [0.3, 0.4) is 0 Å². The molecule has 0 saturated heterocycles. The first kappa shape index (κ1) is 22.4. The van der Waals surface area contributed by atoms with E-state index in [1.807, 2.05) is 6.92 Å². The largest absolute Gasteiger partial charge is 0.573 e. The summed E-state index contributed by atoms with van der Waals surface area (Å²) in [6, 6.07) is 4.05. The smallest absolute Gasteiger partial charge is 0.403 e. The number of amides is 1. The third kappa shape index (κ3) is 5.67. The van der Waals surface area contributed by atoms with E-state index in [1.54, 1.807) is 11.4 Å². The fourth-order valence-corrected chi connectivity index (χ4v) is 3.37. The topological polar surface area (TPSA) is 104 Å². The fraction of sp³-hybridized carbons (Fsp3) is 0.211. The number of carbonyl (C=O) groups is 1. The number of benzene rings is 1. The summed E-state index contributed by atoms with van der Waals surface area (Å²) in [5.74, 6) is -3.05. The number of rotatable bonds is 6. The molecule has 7 nitrogen and oxygen atoms in total. The van der Waals surface area contributed by atoms with E-state index in [-0.39, 0.29) is 17.1 Å². The fourth-order valence-electron chi connectivity index (χ4n) is 2.69. The van der Waals surface area contributed by atoms with Crippen molar-refractivity contribution in [2.24, 2.45) is 0 Å². The van der Waals surface area contributed by atoms with Gasteiger partial charge in [0, 0.05) is 21.9 Å². The molecule has 0 aliphatic rings. The molecule has 1 atom stereocenters. The Bertz CT molecular complexity index is 1160. The van der Waals surface area contributed by atoms with E-state index in [0.29, 0.717) is 11.6 Å². The number of aromatic nitrogens is 2. The highest BCUT2D eigenvalue weighted by Crippen LogP contribution is 2.28. The molecule has 0 saturated carbocycles. The third-order valence-corrected chi connectivity index (χ3v) is 4.91. The monoisotopic (exact) mass is 457 g/mol. The molecule has 0 aliphatic carbocycles. The summed E-state index contributed by atoms with van der Waals surface area (Å²) in [5, 5.41) is 13.7. The van der Waals surface area contributed by atoms with E-state index in [4.69, 9.17) is 0 Å². The zero-order chi connectivity index (χ0) is 22.8. The van der Waals surface area contributed by atoms with Gasteiger partial charge in [-0.05, 0) is 30.7 Å². The number of aliphatic hydroxyl groups is 1. The van der Waals surface area contributed by atoms with Crippen LogP contribution in [0.5, 0.6) is 5.75 Å². The van der Waals surface area contributed by atoms with Gasteiger partial charge in [-0.15, -0.1) is 24.5 Å². The maximum Gasteiger partial charge on any atom is 0.573 e. The molecule has 2 heterocycles. The van der Waals surface area contributed by atoms with Crippen LogP contribution in [0.15, 0.2) is 40.5 Å². The van der Waals surface area contributed by atoms with Gasteiger partial charge in [0.1, 0.15) is 11.5 Å². The van der Waals surface area contributed by atoms with Crippen LogP contribution in [-0.4, -0.2) is 34.0 Å². The predicted octanol–water partition coefficient (Wildman–Crippen LogP) is 3.31. The van der Waals surface area contributed by atoms with Crippen molar-refractivity contribution in [3.05, 3.63) is 68.0 Å². The number of carbonyl (C=O) groups excluding carboxylic acids is 1. The second-order valence-electron chi connectivity index (χ2n) is 6.37. The molecule has 0 bridgehead atoms. The summed E-state index contributed by atoms with van der Waals surface area (Å²) in [6.07, 6.45) is -5.07. The van der Waals surface area contributed by atoms with Gasteiger partial charge in [-0.3, -0.25) is 9.59 Å². The number of thiophene rings is 1. The number of H-pyrrole nitrogens is 1. The van der Waals surface area contributed by atoms with Gasteiger partial charge in [0.15, 0.2) is 11.6 Å². The number of aromatic amines is 1. The zero-order valence-electron chi connectivity index (χ0n) is 15.8. The summed E-state index contributed by atoms with van der Waals surface area (Å²) in [4.78, 5) is 32.1. The number of aliphatic hydroxyl groups excluding tert-OH is 1. The summed E-state index contributed by atoms with van der Waals surface area (Å²) in [6.45, 7) is 1.17. The highest BCUT2D eigenvalue weighted by molar-refractivity contribution is 7.10. The molecule has 1 aromatic carbocycles. The molecule has 12 heteroatoms. The zero-order valence-corrected chi connectivity index (χ0v) is 16.6. The lowest BCUT2D eigenvalue weighted by molar-refractivity contribution is -0.275.